The van der Waals surface area contributed by atoms with E-state index in [0.717, 1.165) is 54.2 Å². The van der Waals surface area contributed by atoms with Crippen LogP contribution < -0.4 is 10.2 Å². The minimum Gasteiger partial charge on any atom is -0.371 e. The summed E-state index contributed by atoms with van der Waals surface area (Å²) in [6.45, 7) is 7.25. The molecule has 0 radical (unpaired) electrons. The van der Waals surface area contributed by atoms with Gasteiger partial charge in [-0.15, -0.1) is 5.10 Å². The number of aryl methyl sites for hydroxylation is 1. The first kappa shape index (κ1) is 24.3. The lowest BCUT2D eigenvalue weighted by Crippen LogP contribution is -2.41. The molecule has 5 nitrogen and oxygen atoms in total. The Balaban J connectivity index is 1.65. The largest absolute Gasteiger partial charge is 0.416 e. The fourth-order valence-corrected chi connectivity index (χ4v) is 4.93. The molecule has 1 aliphatic rings. The van der Waals surface area contributed by atoms with E-state index in [1.165, 1.54) is 13.0 Å². The van der Waals surface area contributed by atoms with Crippen LogP contribution in [0.2, 0.25) is 0 Å². The number of nitrogens with one attached hydrogen (secondary N) is 1. The minimum atomic E-state index is -4.38. The molecule has 1 N–H and O–H groups in total. The standard InChI is InChI=1S/C26H32F3N5/c1-16-21(7-6-8-24(16)26(27,28)29)17(2)30-25-23-15-20(9-10-22(23)18(3)31-32-25)34-13-11-19(12-14-34)33(4)5/h6-10,15,17,19H,11-14H2,1-5H3,(H,30,32)/t17-/m1/s1. The smallest absolute Gasteiger partial charge is 0.371 e. The fraction of sp³-hybridized carbons (Fsp3) is 0.462. The molecule has 0 spiro atoms. The molecule has 8 heteroatoms. The van der Waals surface area contributed by atoms with E-state index in [1.807, 2.05) is 13.8 Å². The third kappa shape index (κ3) is 4.82. The summed E-state index contributed by atoms with van der Waals surface area (Å²) in [4.78, 5) is 4.68. The first-order chi connectivity index (χ1) is 16.1. The van der Waals surface area contributed by atoms with Gasteiger partial charge in [0.05, 0.1) is 17.3 Å². The van der Waals surface area contributed by atoms with Crippen molar-refractivity contribution in [3.05, 3.63) is 58.8 Å². The van der Waals surface area contributed by atoms with Gasteiger partial charge in [0, 0.05) is 35.6 Å². The first-order valence-electron chi connectivity index (χ1n) is 11.7. The van der Waals surface area contributed by atoms with Gasteiger partial charge in [-0.1, -0.05) is 18.2 Å². The van der Waals surface area contributed by atoms with Gasteiger partial charge in [0.15, 0.2) is 5.82 Å². The summed E-state index contributed by atoms with van der Waals surface area (Å²) in [5.74, 6) is 0.579. The Morgan fingerprint density at radius 1 is 1.03 bits per heavy atom. The van der Waals surface area contributed by atoms with Crippen LogP contribution in [-0.2, 0) is 6.18 Å². The Morgan fingerprint density at radius 3 is 2.38 bits per heavy atom. The number of benzene rings is 2. The van der Waals surface area contributed by atoms with Gasteiger partial charge in [0.2, 0.25) is 0 Å². The molecule has 0 aliphatic carbocycles. The number of rotatable bonds is 5. The maximum Gasteiger partial charge on any atom is 0.416 e. The van der Waals surface area contributed by atoms with Gasteiger partial charge < -0.3 is 15.1 Å². The Morgan fingerprint density at radius 2 is 1.74 bits per heavy atom. The summed E-state index contributed by atoms with van der Waals surface area (Å²) in [7, 11) is 4.26. The van der Waals surface area contributed by atoms with Crippen LogP contribution >= 0.6 is 0 Å². The molecular weight excluding hydrogens is 439 g/mol. The highest BCUT2D eigenvalue weighted by molar-refractivity contribution is 5.95. The van der Waals surface area contributed by atoms with Crippen LogP contribution in [0.25, 0.3) is 10.8 Å². The Hall–Kier alpha value is -2.87. The van der Waals surface area contributed by atoms with Gasteiger partial charge in [-0.05, 0) is 77.0 Å². The van der Waals surface area contributed by atoms with Crippen molar-refractivity contribution in [2.75, 3.05) is 37.4 Å². The summed E-state index contributed by atoms with van der Waals surface area (Å²) in [5.41, 5.74) is 2.15. The normalized spacial score (nSPS) is 16.3. The molecule has 1 atom stereocenters. The predicted octanol–water partition coefficient (Wildman–Crippen LogP) is 5.97. The van der Waals surface area contributed by atoms with Crippen LogP contribution in [0.3, 0.4) is 0 Å². The minimum absolute atomic E-state index is 0.226. The number of fused-ring (bicyclic) bond motifs is 1. The molecule has 1 saturated heterocycles. The van der Waals surface area contributed by atoms with E-state index in [2.05, 4.69) is 57.6 Å². The van der Waals surface area contributed by atoms with E-state index in [0.29, 0.717) is 17.4 Å². The van der Waals surface area contributed by atoms with Crippen molar-refractivity contribution in [1.82, 2.24) is 15.1 Å². The van der Waals surface area contributed by atoms with E-state index in [9.17, 15) is 13.2 Å². The van der Waals surface area contributed by atoms with Crippen LogP contribution in [0.1, 0.15) is 48.2 Å². The van der Waals surface area contributed by atoms with Crippen LogP contribution in [0, 0.1) is 13.8 Å². The van der Waals surface area contributed by atoms with Crippen molar-refractivity contribution >= 4 is 22.3 Å². The summed E-state index contributed by atoms with van der Waals surface area (Å²) in [6, 6.07) is 10.8. The molecule has 2 aromatic carbocycles. The lowest BCUT2D eigenvalue weighted by Gasteiger charge is -2.36. The van der Waals surface area contributed by atoms with Gasteiger partial charge in [-0.3, -0.25) is 0 Å². The Kier molecular flexibility index (Phi) is 6.71. The zero-order valence-electron chi connectivity index (χ0n) is 20.4. The SMILES string of the molecule is Cc1c([C@@H](C)Nc2nnc(C)c3ccc(N4CCC(N(C)C)CC4)cc23)cccc1C(F)(F)F. The number of hydrogen-bond donors (Lipinski definition) is 1. The van der Waals surface area contributed by atoms with E-state index in [1.54, 1.807) is 6.07 Å². The molecule has 34 heavy (non-hydrogen) atoms. The van der Waals surface area contributed by atoms with Crippen molar-refractivity contribution in [2.24, 2.45) is 0 Å². The number of alkyl halides is 3. The van der Waals surface area contributed by atoms with E-state index < -0.39 is 11.7 Å². The zero-order valence-corrected chi connectivity index (χ0v) is 20.4. The third-order valence-corrected chi connectivity index (χ3v) is 7.01. The molecule has 1 aliphatic heterocycles. The maximum atomic E-state index is 13.4. The highest BCUT2D eigenvalue weighted by Crippen LogP contribution is 2.36. The average Bonchev–Trinajstić information content (AvgIpc) is 2.80. The monoisotopic (exact) mass is 471 g/mol. The molecule has 182 valence electrons. The topological polar surface area (TPSA) is 44.3 Å². The zero-order chi connectivity index (χ0) is 24.6. The highest BCUT2D eigenvalue weighted by Gasteiger charge is 2.33. The molecule has 3 aromatic rings. The maximum absolute atomic E-state index is 13.4. The van der Waals surface area contributed by atoms with Crippen molar-refractivity contribution < 1.29 is 13.2 Å². The molecule has 0 saturated carbocycles. The number of halogens is 3. The van der Waals surface area contributed by atoms with Gasteiger partial charge in [0.1, 0.15) is 0 Å². The van der Waals surface area contributed by atoms with Gasteiger partial charge in [0.25, 0.3) is 0 Å². The quantitative estimate of drug-likeness (QED) is 0.497. The summed E-state index contributed by atoms with van der Waals surface area (Å²) in [5, 5.41) is 13.9. The molecule has 0 amide bonds. The number of anilines is 2. The van der Waals surface area contributed by atoms with E-state index in [4.69, 9.17) is 0 Å². The summed E-state index contributed by atoms with van der Waals surface area (Å²) >= 11 is 0. The Bertz CT molecular complexity index is 1170. The first-order valence-corrected chi connectivity index (χ1v) is 11.7. The molecule has 4 rings (SSSR count). The molecule has 1 aromatic heterocycles. The lowest BCUT2D eigenvalue weighted by molar-refractivity contribution is -0.138. The lowest BCUT2D eigenvalue weighted by atomic mass is 9.97. The number of nitrogens with zero attached hydrogens (tertiary/aromatic N) is 4. The molecular formula is C26H32F3N5. The van der Waals surface area contributed by atoms with Gasteiger partial charge >= 0.3 is 6.18 Å². The van der Waals surface area contributed by atoms with Crippen LogP contribution in [0.5, 0.6) is 0 Å². The summed E-state index contributed by atoms with van der Waals surface area (Å²) < 4.78 is 40.2. The second-order valence-corrected chi connectivity index (χ2v) is 9.43. The van der Waals surface area contributed by atoms with Crippen molar-refractivity contribution in [3.63, 3.8) is 0 Å². The molecule has 2 heterocycles. The predicted molar refractivity (Wildman–Crippen MR) is 131 cm³/mol. The number of aromatic nitrogens is 2. The van der Waals surface area contributed by atoms with Crippen molar-refractivity contribution in [2.45, 2.75) is 51.9 Å². The van der Waals surface area contributed by atoms with Crippen molar-refractivity contribution in [3.8, 4) is 0 Å². The summed E-state index contributed by atoms with van der Waals surface area (Å²) in [6.07, 6.45) is -2.17. The van der Waals surface area contributed by atoms with Crippen molar-refractivity contribution in [1.29, 1.82) is 0 Å². The third-order valence-electron chi connectivity index (χ3n) is 7.01. The number of piperidine rings is 1. The van der Waals surface area contributed by atoms with Gasteiger partial charge in [-0.25, -0.2) is 0 Å². The van der Waals surface area contributed by atoms with E-state index >= 15 is 0 Å². The second-order valence-electron chi connectivity index (χ2n) is 9.43. The van der Waals surface area contributed by atoms with Crippen LogP contribution in [0.4, 0.5) is 24.7 Å². The Labute approximate surface area is 199 Å². The fourth-order valence-electron chi connectivity index (χ4n) is 4.93. The second kappa shape index (κ2) is 9.41. The average molecular weight is 472 g/mol. The molecule has 1 fully saturated rings. The van der Waals surface area contributed by atoms with E-state index in [-0.39, 0.29) is 11.6 Å². The molecule has 0 unspecified atom stereocenters. The van der Waals surface area contributed by atoms with Gasteiger partial charge in [-0.2, -0.15) is 18.3 Å². The number of hydrogen-bond acceptors (Lipinski definition) is 5. The van der Waals surface area contributed by atoms with Crippen LogP contribution in [0.15, 0.2) is 36.4 Å². The highest BCUT2D eigenvalue weighted by atomic mass is 19.4. The molecule has 0 bridgehead atoms. The van der Waals surface area contributed by atoms with Crippen LogP contribution in [-0.4, -0.2) is 48.3 Å².